The van der Waals surface area contributed by atoms with Gasteiger partial charge in [0.25, 0.3) is 5.91 Å². The van der Waals surface area contributed by atoms with Crippen LogP contribution in [0.2, 0.25) is 10.0 Å². The average Bonchev–Trinajstić information content (AvgIpc) is 2.41. The highest BCUT2D eigenvalue weighted by molar-refractivity contribution is 6.36. The number of benzene rings is 1. The van der Waals surface area contributed by atoms with Gasteiger partial charge >= 0.3 is 0 Å². The van der Waals surface area contributed by atoms with Crippen molar-refractivity contribution in [2.24, 2.45) is 0 Å². The summed E-state index contributed by atoms with van der Waals surface area (Å²) in [5, 5.41) is 6.77. The number of hydrogen-bond donors (Lipinski definition) is 2. The molecule has 0 saturated heterocycles. The first-order chi connectivity index (χ1) is 9.99. The molecule has 2 rings (SSSR count). The largest absolute Gasteiger partial charge is 0.370 e. The molecule has 6 heteroatoms. The summed E-state index contributed by atoms with van der Waals surface area (Å²) in [6.45, 7) is 4.55. The number of nitrogens with one attached hydrogen (secondary N) is 2. The van der Waals surface area contributed by atoms with Crippen LogP contribution in [0, 0.1) is 6.92 Å². The van der Waals surface area contributed by atoms with Gasteiger partial charge < -0.3 is 10.6 Å². The second kappa shape index (κ2) is 6.78. The molecule has 1 heterocycles. The highest BCUT2D eigenvalue weighted by Crippen LogP contribution is 2.26. The van der Waals surface area contributed by atoms with Crippen molar-refractivity contribution in [2.75, 3.05) is 17.2 Å². The molecular weight excluding hydrogens is 309 g/mol. The molecule has 0 radical (unpaired) electrons. The van der Waals surface area contributed by atoms with E-state index in [4.69, 9.17) is 23.2 Å². The molecule has 0 bridgehead atoms. The standard InChI is InChI=1S/C15H15Cl2N3O/c1-3-18-14-7-10(6-9(2)19-14)15(21)20-13-5-4-11(16)8-12(13)17/h4-8H,3H2,1-2H3,(H,18,19)(H,20,21). The van der Waals surface area contributed by atoms with Gasteiger partial charge in [-0.05, 0) is 44.2 Å². The third kappa shape index (κ3) is 4.09. The second-order valence-corrected chi connectivity index (χ2v) is 5.33. The predicted octanol–water partition coefficient (Wildman–Crippen LogP) is 4.38. The Kier molecular flexibility index (Phi) is 5.04. The number of halogens is 2. The molecule has 1 aromatic heterocycles. The van der Waals surface area contributed by atoms with Crippen LogP contribution < -0.4 is 10.6 Å². The Labute approximate surface area is 133 Å². The molecule has 0 aliphatic heterocycles. The molecule has 0 spiro atoms. The van der Waals surface area contributed by atoms with E-state index in [-0.39, 0.29) is 5.91 Å². The smallest absolute Gasteiger partial charge is 0.255 e. The second-order valence-electron chi connectivity index (χ2n) is 4.49. The zero-order valence-corrected chi connectivity index (χ0v) is 13.2. The van der Waals surface area contributed by atoms with Crippen LogP contribution in [0.15, 0.2) is 30.3 Å². The Morgan fingerprint density at radius 3 is 2.67 bits per heavy atom. The van der Waals surface area contributed by atoms with Gasteiger partial charge in [-0.15, -0.1) is 0 Å². The third-order valence-corrected chi connectivity index (χ3v) is 3.30. The molecule has 0 aliphatic rings. The van der Waals surface area contributed by atoms with E-state index in [0.717, 1.165) is 12.2 Å². The normalized spacial score (nSPS) is 10.3. The Bertz CT molecular complexity index is 674. The van der Waals surface area contributed by atoms with Crippen LogP contribution >= 0.6 is 23.2 Å². The van der Waals surface area contributed by atoms with E-state index in [2.05, 4.69) is 15.6 Å². The van der Waals surface area contributed by atoms with Crippen molar-refractivity contribution in [3.8, 4) is 0 Å². The molecule has 0 aliphatic carbocycles. The number of rotatable bonds is 4. The van der Waals surface area contributed by atoms with E-state index in [9.17, 15) is 4.79 Å². The minimum atomic E-state index is -0.246. The first-order valence-electron chi connectivity index (χ1n) is 6.48. The molecule has 0 atom stereocenters. The molecule has 1 amide bonds. The first-order valence-corrected chi connectivity index (χ1v) is 7.24. The molecule has 2 N–H and O–H groups in total. The molecule has 0 saturated carbocycles. The Balaban J connectivity index is 2.23. The van der Waals surface area contributed by atoms with Crippen LogP contribution in [0.5, 0.6) is 0 Å². The van der Waals surface area contributed by atoms with Crippen LogP contribution in [-0.2, 0) is 0 Å². The van der Waals surface area contributed by atoms with E-state index >= 15 is 0 Å². The fourth-order valence-electron chi connectivity index (χ4n) is 1.86. The van der Waals surface area contributed by atoms with Gasteiger partial charge in [0, 0.05) is 22.8 Å². The molecule has 110 valence electrons. The molecule has 1 aromatic carbocycles. The Hall–Kier alpha value is -1.78. The van der Waals surface area contributed by atoms with Crippen molar-refractivity contribution >= 4 is 40.6 Å². The van der Waals surface area contributed by atoms with E-state index in [1.807, 2.05) is 13.8 Å². The SMILES string of the molecule is CCNc1cc(C(=O)Nc2ccc(Cl)cc2Cl)cc(C)n1. The summed E-state index contributed by atoms with van der Waals surface area (Å²) in [4.78, 5) is 16.6. The van der Waals surface area contributed by atoms with E-state index in [1.165, 1.54) is 0 Å². The maximum Gasteiger partial charge on any atom is 0.255 e. The molecule has 2 aromatic rings. The molecule has 21 heavy (non-hydrogen) atoms. The topological polar surface area (TPSA) is 54.0 Å². The average molecular weight is 324 g/mol. The minimum absolute atomic E-state index is 0.246. The monoisotopic (exact) mass is 323 g/mol. The molecule has 0 fully saturated rings. The number of carbonyl (C=O) groups excluding carboxylic acids is 1. The number of amides is 1. The van der Waals surface area contributed by atoms with E-state index in [1.54, 1.807) is 30.3 Å². The molecular formula is C15H15Cl2N3O. The van der Waals surface area contributed by atoms with Crippen LogP contribution in [0.3, 0.4) is 0 Å². The van der Waals surface area contributed by atoms with Gasteiger partial charge in [-0.3, -0.25) is 4.79 Å². The van der Waals surface area contributed by atoms with Gasteiger partial charge in [0.05, 0.1) is 10.7 Å². The first kappa shape index (κ1) is 15.6. The summed E-state index contributed by atoms with van der Waals surface area (Å²) < 4.78 is 0. The van der Waals surface area contributed by atoms with E-state index < -0.39 is 0 Å². The minimum Gasteiger partial charge on any atom is -0.370 e. The lowest BCUT2D eigenvalue weighted by molar-refractivity contribution is 0.102. The van der Waals surface area contributed by atoms with Crippen molar-refractivity contribution in [2.45, 2.75) is 13.8 Å². The summed E-state index contributed by atoms with van der Waals surface area (Å²) in [6, 6.07) is 8.35. The quantitative estimate of drug-likeness (QED) is 0.877. The number of carbonyl (C=O) groups is 1. The van der Waals surface area contributed by atoms with Crippen molar-refractivity contribution in [3.05, 3.63) is 51.6 Å². The molecule has 0 unspecified atom stereocenters. The fourth-order valence-corrected chi connectivity index (χ4v) is 2.31. The Morgan fingerprint density at radius 2 is 2.00 bits per heavy atom. The predicted molar refractivity (Wildman–Crippen MR) is 87.6 cm³/mol. The number of nitrogens with zero attached hydrogens (tertiary/aromatic N) is 1. The summed E-state index contributed by atoms with van der Waals surface area (Å²) in [6.07, 6.45) is 0. The van der Waals surface area contributed by atoms with Gasteiger partial charge in [0.2, 0.25) is 0 Å². The highest BCUT2D eigenvalue weighted by atomic mass is 35.5. The number of aromatic nitrogens is 1. The van der Waals surface area contributed by atoms with Crippen molar-refractivity contribution in [1.82, 2.24) is 4.98 Å². The molecule has 4 nitrogen and oxygen atoms in total. The van der Waals surface area contributed by atoms with Gasteiger partial charge in [0.15, 0.2) is 0 Å². The number of aryl methyl sites for hydroxylation is 1. The third-order valence-electron chi connectivity index (χ3n) is 2.75. The lowest BCUT2D eigenvalue weighted by atomic mass is 10.2. The number of anilines is 2. The Morgan fingerprint density at radius 1 is 1.24 bits per heavy atom. The van der Waals surface area contributed by atoms with Crippen LogP contribution in [0.4, 0.5) is 11.5 Å². The zero-order valence-electron chi connectivity index (χ0n) is 11.7. The van der Waals surface area contributed by atoms with Crippen LogP contribution in [-0.4, -0.2) is 17.4 Å². The van der Waals surface area contributed by atoms with Gasteiger partial charge in [-0.25, -0.2) is 4.98 Å². The maximum absolute atomic E-state index is 12.3. The summed E-state index contributed by atoms with van der Waals surface area (Å²) in [7, 11) is 0. The zero-order chi connectivity index (χ0) is 15.4. The highest BCUT2D eigenvalue weighted by Gasteiger charge is 2.11. The maximum atomic E-state index is 12.3. The summed E-state index contributed by atoms with van der Waals surface area (Å²) in [5.41, 5.74) is 1.80. The summed E-state index contributed by atoms with van der Waals surface area (Å²) >= 11 is 11.9. The van der Waals surface area contributed by atoms with Crippen molar-refractivity contribution in [3.63, 3.8) is 0 Å². The lowest BCUT2D eigenvalue weighted by Crippen LogP contribution is -2.13. The van der Waals surface area contributed by atoms with Gasteiger partial charge in [0.1, 0.15) is 5.82 Å². The van der Waals surface area contributed by atoms with Crippen LogP contribution in [0.25, 0.3) is 0 Å². The lowest BCUT2D eigenvalue weighted by Gasteiger charge is -2.10. The summed E-state index contributed by atoms with van der Waals surface area (Å²) in [5.74, 6) is 0.425. The van der Waals surface area contributed by atoms with E-state index in [0.29, 0.717) is 27.1 Å². The number of pyridine rings is 1. The fraction of sp³-hybridized carbons (Fsp3) is 0.200. The van der Waals surface area contributed by atoms with Gasteiger partial charge in [-0.1, -0.05) is 23.2 Å². The van der Waals surface area contributed by atoms with Crippen LogP contribution in [0.1, 0.15) is 23.0 Å². The number of hydrogen-bond acceptors (Lipinski definition) is 3. The van der Waals surface area contributed by atoms with Gasteiger partial charge in [-0.2, -0.15) is 0 Å². The van der Waals surface area contributed by atoms with Crippen molar-refractivity contribution in [1.29, 1.82) is 0 Å². The van der Waals surface area contributed by atoms with Crippen molar-refractivity contribution < 1.29 is 4.79 Å².